The highest BCUT2D eigenvalue weighted by atomic mass is 79.9. The van der Waals surface area contributed by atoms with Crippen LogP contribution in [0.25, 0.3) is 0 Å². The number of alkyl halides is 2. The molecule has 1 aromatic carbocycles. The van der Waals surface area contributed by atoms with Crippen molar-refractivity contribution in [2.45, 2.75) is 24.8 Å². The van der Waals surface area contributed by atoms with Crippen LogP contribution in [0.2, 0.25) is 0 Å². The fourth-order valence-electron chi connectivity index (χ4n) is 1.37. The third kappa shape index (κ3) is 3.71. The number of benzene rings is 1. The Morgan fingerprint density at radius 1 is 1.44 bits per heavy atom. The van der Waals surface area contributed by atoms with Gasteiger partial charge in [-0.3, -0.25) is 0 Å². The van der Waals surface area contributed by atoms with Crippen molar-refractivity contribution in [3.05, 3.63) is 27.7 Å². The smallest absolute Gasteiger partial charge is 0.251 e. The van der Waals surface area contributed by atoms with Gasteiger partial charge in [0.05, 0.1) is 11.4 Å². The summed E-state index contributed by atoms with van der Waals surface area (Å²) in [4.78, 5) is -0.0800. The third-order valence-corrected chi connectivity index (χ3v) is 5.00. The summed E-state index contributed by atoms with van der Waals surface area (Å²) >= 11 is 3.14. The lowest BCUT2D eigenvalue weighted by Gasteiger charge is -2.11. The highest BCUT2D eigenvalue weighted by Crippen LogP contribution is 2.27. The van der Waals surface area contributed by atoms with Crippen LogP contribution in [0, 0.1) is 6.92 Å². The molecule has 3 N–H and O–H groups in total. The van der Waals surface area contributed by atoms with Gasteiger partial charge < -0.3 is 5.73 Å². The number of aryl methyl sites for hydroxylation is 1. The van der Waals surface area contributed by atoms with E-state index < -0.39 is 23.0 Å². The summed E-state index contributed by atoms with van der Waals surface area (Å²) in [5.41, 5.74) is 6.75. The first kappa shape index (κ1) is 15.5. The molecule has 0 bridgehead atoms. The number of nitrogens with two attached hydrogens (primary N) is 1. The molecule has 0 unspecified atom stereocenters. The zero-order valence-electron chi connectivity index (χ0n) is 9.58. The zero-order chi connectivity index (χ0) is 13.9. The predicted molar refractivity (Wildman–Crippen MR) is 68.0 cm³/mol. The quantitative estimate of drug-likeness (QED) is 0.856. The first-order valence-electron chi connectivity index (χ1n) is 5.05. The summed E-state index contributed by atoms with van der Waals surface area (Å²) in [6.07, 6.45) is -2.74. The second-order valence-electron chi connectivity index (χ2n) is 3.67. The van der Waals surface area contributed by atoms with Gasteiger partial charge in [-0.15, -0.1) is 0 Å². The largest absolute Gasteiger partial charge is 0.326 e. The topological polar surface area (TPSA) is 72.2 Å². The fourth-order valence-corrected chi connectivity index (χ4v) is 3.45. The first-order chi connectivity index (χ1) is 8.27. The van der Waals surface area contributed by atoms with Gasteiger partial charge in [0.25, 0.3) is 6.43 Å². The van der Waals surface area contributed by atoms with Crippen LogP contribution in [0.1, 0.15) is 11.1 Å². The van der Waals surface area contributed by atoms with Gasteiger partial charge >= 0.3 is 0 Å². The minimum atomic E-state index is -3.97. The average Bonchev–Trinajstić information content (AvgIpc) is 2.29. The van der Waals surface area contributed by atoms with E-state index in [1.807, 2.05) is 4.72 Å². The van der Waals surface area contributed by atoms with Crippen molar-refractivity contribution in [1.29, 1.82) is 0 Å². The van der Waals surface area contributed by atoms with E-state index in [-0.39, 0.29) is 11.4 Å². The van der Waals surface area contributed by atoms with Gasteiger partial charge in [-0.2, -0.15) is 0 Å². The van der Waals surface area contributed by atoms with Gasteiger partial charge in [-0.05, 0) is 40.0 Å². The van der Waals surface area contributed by atoms with Gasteiger partial charge in [0, 0.05) is 11.0 Å². The van der Waals surface area contributed by atoms with Gasteiger partial charge in [0.2, 0.25) is 10.0 Å². The van der Waals surface area contributed by atoms with Crippen molar-refractivity contribution >= 4 is 26.0 Å². The van der Waals surface area contributed by atoms with Crippen LogP contribution < -0.4 is 10.5 Å². The average molecular weight is 343 g/mol. The normalized spacial score (nSPS) is 12.1. The van der Waals surface area contributed by atoms with Crippen molar-refractivity contribution < 1.29 is 17.2 Å². The van der Waals surface area contributed by atoms with E-state index >= 15 is 0 Å². The van der Waals surface area contributed by atoms with Crippen molar-refractivity contribution in [1.82, 2.24) is 4.72 Å². The second-order valence-corrected chi connectivity index (χ2v) is 6.20. The maximum atomic E-state index is 12.0. The third-order valence-electron chi connectivity index (χ3n) is 2.23. The summed E-state index contributed by atoms with van der Waals surface area (Å²) < 4.78 is 50.0. The van der Waals surface area contributed by atoms with Gasteiger partial charge in [-0.25, -0.2) is 21.9 Å². The molecule has 8 heteroatoms. The van der Waals surface area contributed by atoms with Crippen LogP contribution in [0.4, 0.5) is 8.78 Å². The molecule has 0 aliphatic carbocycles. The van der Waals surface area contributed by atoms with Crippen molar-refractivity contribution in [3.63, 3.8) is 0 Å². The van der Waals surface area contributed by atoms with E-state index in [0.717, 1.165) is 0 Å². The first-order valence-corrected chi connectivity index (χ1v) is 7.32. The van der Waals surface area contributed by atoms with Crippen molar-refractivity contribution in [2.75, 3.05) is 6.54 Å². The lowest BCUT2D eigenvalue weighted by molar-refractivity contribution is 0.153. The number of nitrogens with one attached hydrogen (secondary N) is 1. The van der Waals surface area contributed by atoms with E-state index in [1.54, 1.807) is 13.0 Å². The number of hydrogen-bond acceptors (Lipinski definition) is 3. The Labute approximate surface area is 113 Å². The Bertz CT molecular complexity index is 535. The van der Waals surface area contributed by atoms with Crippen molar-refractivity contribution in [2.24, 2.45) is 5.73 Å². The van der Waals surface area contributed by atoms with Crippen LogP contribution in [-0.2, 0) is 16.6 Å². The molecule has 1 aromatic rings. The molecule has 0 amide bonds. The fraction of sp³-hybridized carbons (Fsp3) is 0.400. The molecular weight excluding hydrogens is 330 g/mol. The molecule has 18 heavy (non-hydrogen) atoms. The minimum Gasteiger partial charge on any atom is -0.326 e. The number of halogens is 3. The van der Waals surface area contributed by atoms with E-state index in [0.29, 0.717) is 15.6 Å². The number of hydrogen-bond donors (Lipinski definition) is 2. The second kappa shape index (κ2) is 6.05. The summed E-state index contributed by atoms with van der Waals surface area (Å²) in [5, 5.41) is 0. The Hall–Kier alpha value is -0.570. The van der Waals surface area contributed by atoms with Crippen molar-refractivity contribution in [3.8, 4) is 0 Å². The monoisotopic (exact) mass is 342 g/mol. The van der Waals surface area contributed by atoms with Crippen LogP contribution in [0.15, 0.2) is 21.5 Å². The molecule has 1 rings (SSSR count). The Balaban J connectivity index is 3.19. The molecule has 0 aromatic heterocycles. The van der Waals surface area contributed by atoms with Crippen LogP contribution in [0.5, 0.6) is 0 Å². The maximum Gasteiger partial charge on any atom is 0.251 e. The van der Waals surface area contributed by atoms with E-state index in [2.05, 4.69) is 15.9 Å². The lowest BCUT2D eigenvalue weighted by Crippen LogP contribution is -2.29. The molecular formula is C10H13BrF2N2O2S. The Kier molecular flexibility index (Phi) is 5.20. The molecule has 0 saturated carbocycles. The van der Waals surface area contributed by atoms with Crippen LogP contribution in [-0.4, -0.2) is 21.4 Å². The highest BCUT2D eigenvalue weighted by molar-refractivity contribution is 9.10. The van der Waals surface area contributed by atoms with Gasteiger partial charge in [0.15, 0.2) is 0 Å². The molecule has 0 aliphatic heterocycles. The summed E-state index contributed by atoms with van der Waals surface area (Å²) in [6, 6.07) is 3.10. The summed E-state index contributed by atoms with van der Waals surface area (Å²) in [7, 11) is -3.97. The van der Waals surface area contributed by atoms with Crippen LogP contribution >= 0.6 is 15.9 Å². The standard InChI is InChI=1S/C10H13BrF2N2O2S/c1-6-2-7(4-14)3-8(10(6)11)18(16,17)15-5-9(12)13/h2-3,9,15H,4-5,14H2,1H3. The Morgan fingerprint density at radius 2 is 2.06 bits per heavy atom. The molecule has 102 valence electrons. The molecule has 0 radical (unpaired) electrons. The minimum absolute atomic E-state index is 0.0800. The molecule has 0 heterocycles. The lowest BCUT2D eigenvalue weighted by atomic mass is 10.1. The van der Waals surface area contributed by atoms with E-state index in [1.165, 1.54) is 6.07 Å². The zero-order valence-corrected chi connectivity index (χ0v) is 12.0. The summed E-state index contributed by atoms with van der Waals surface area (Å²) in [5.74, 6) is 0. The molecule has 4 nitrogen and oxygen atoms in total. The number of sulfonamides is 1. The SMILES string of the molecule is Cc1cc(CN)cc(S(=O)(=O)NCC(F)F)c1Br. The van der Waals surface area contributed by atoms with Gasteiger partial charge in [0.1, 0.15) is 0 Å². The molecule has 0 spiro atoms. The Morgan fingerprint density at radius 3 is 2.56 bits per heavy atom. The molecule has 0 atom stereocenters. The van der Waals surface area contributed by atoms with Crippen LogP contribution in [0.3, 0.4) is 0 Å². The van der Waals surface area contributed by atoms with E-state index in [4.69, 9.17) is 5.73 Å². The van der Waals surface area contributed by atoms with Gasteiger partial charge in [-0.1, -0.05) is 6.07 Å². The summed E-state index contributed by atoms with van der Waals surface area (Å²) in [6.45, 7) is 0.960. The molecule has 0 fully saturated rings. The molecule has 0 saturated heterocycles. The molecule has 0 aliphatic rings. The highest BCUT2D eigenvalue weighted by Gasteiger charge is 2.20. The maximum absolute atomic E-state index is 12.0. The van der Waals surface area contributed by atoms with E-state index in [9.17, 15) is 17.2 Å². The number of rotatable bonds is 5. The predicted octanol–water partition coefficient (Wildman–Crippen LogP) is 1.76.